The molecule has 0 saturated carbocycles. The molecule has 2 heteroatoms. The summed E-state index contributed by atoms with van der Waals surface area (Å²) in [5.41, 5.74) is 1.58. The van der Waals surface area contributed by atoms with Gasteiger partial charge in [-0.3, -0.25) is 4.79 Å². The lowest BCUT2D eigenvalue weighted by Crippen LogP contribution is -2.05. The number of carbonyl (C=O) groups is 1. The van der Waals surface area contributed by atoms with Crippen molar-refractivity contribution in [3.63, 3.8) is 0 Å². The molecule has 0 atom stereocenters. The van der Waals surface area contributed by atoms with Crippen LogP contribution in [-0.4, -0.2) is 5.78 Å². The van der Waals surface area contributed by atoms with Gasteiger partial charge in [-0.15, -0.1) is 0 Å². The first kappa shape index (κ1) is 9.13. The molecule has 0 N–H and O–H groups in total. The molecule has 0 bridgehead atoms. The lowest BCUT2D eigenvalue weighted by Gasteiger charge is -2.11. The molecule has 14 heavy (non-hydrogen) atoms. The van der Waals surface area contributed by atoms with Crippen molar-refractivity contribution in [2.24, 2.45) is 0 Å². The fraction of sp³-hybridized carbons (Fsp3) is 0.250. The third kappa shape index (κ3) is 1.74. The first-order valence-corrected chi connectivity index (χ1v) is 4.76. The molecule has 0 saturated heterocycles. The Balaban J connectivity index is 2.34. The molecule has 1 aliphatic rings. The first-order valence-electron chi connectivity index (χ1n) is 4.76. The lowest BCUT2D eigenvalue weighted by atomic mass is 9.92. The Morgan fingerprint density at radius 3 is 2.50 bits per heavy atom. The molecule has 0 fully saturated rings. The maximum Gasteiger partial charge on any atom is 0.163 e. The summed E-state index contributed by atoms with van der Waals surface area (Å²) in [7, 11) is 0. The maximum atomic E-state index is 12.6. The predicted molar refractivity (Wildman–Crippen MR) is 53.2 cm³/mol. The van der Waals surface area contributed by atoms with Gasteiger partial charge in [0, 0.05) is 12.0 Å². The van der Waals surface area contributed by atoms with E-state index in [1.807, 2.05) is 6.08 Å². The molecule has 0 unspecified atom stereocenters. The highest BCUT2D eigenvalue weighted by Gasteiger charge is 2.14. The van der Waals surface area contributed by atoms with Crippen LogP contribution in [0, 0.1) is 5.82 Å². The molecule has 0 heterocycles. The van der Waals surface area contributed by atoms with E-state index in [0.29, 0.717) is 6.42 Å². The highest BCUT2D eigenvalue weighted by Crippen LogP contribution is 2.23. The summed E-state index contributed by atoms with van der Waals surface area (Å²) in [6, 6.07) is 6.09. The normalized spacial score (nSPS) is 16.6. The van der Waals surface area contributed by atoms with Crippen LogP contribution in [0.5, 0.6) is 0 Å². The van der Waals surface area contributed by atoms with Crippen molar-refractivity contribution in [1.29, 1.82) is 0 Å². The minimum Gasteiger partial charge on any atom is -0.294 e. The van der Waals surface area contributed by atoms with Crippen molar-refractivity contribution in [2.75, 3.05) is 0 Å². The standard InChI is InChI=1S/C12H11FO/c13-10-7-5-9(6-8-10)11-3-1-2-4-12(11)14/h3,5-8H,1-2,4H2. The van der Waals surface area contributed by atoms with Gasteiger partial charge >= 0.3 is 0 Å². The molecule has 0 amide bonds. The molecule has 1 aromatic carbocycles. The Bertz CT molecular complexity index is 376. The predicted octanol–water partition coefficient (Wildman–Crippen LogP) is 2.96. The van der Waals surface area contributed by atoms with Gasteiger partial charge in [0.05, 0.1) is 0 Å². The smallest absolute Gasteiger partial charge is 0.163 e. The van der Waals surface area contributed by atoms with E-state index in [1.165, 1.54) is 12.1 Å². The Labute approximate surface area is 82.3 Å². The van der Waals surface area contributed by atoms with E-state index in [0.717, 1.165) is 24.0 Å². The van der Waals surface area contributed by atoms with Crippen LogP contribution in [0.3, 0.4) is 0 Å². The summed E-state index contributed by atoms with van der Waals surface area (Å²) in [4.78, 5) is 11.5. The van der Waals surface area contributed by atoms with Crippen LogP contribution in [0.1, 0.15) is 24.8 Å². The third-order valence-corrected chi connectivity index (χ3v) is 2.41. The second-order valence-electron chi connectivity index (χ2n) is 3.44. The van der Waals surface area contributed by atoms with Crippen molar-refractivity contribution in [1.82, 2.24) is 0 Å². The summed E-state index contributed by atoms with van der Waals surface area (Å²) in [5.74, 6) is -0.0968. The van der Waals surface area contributed by atoms with Gasteiger partial charge in [-0.2, -0.15) is 0 Å². The summed E-state index contributed by atoms with van der Waals surface area (Å²) < 4.78 is 12.6. The fourth-order valence-electron chi connectivity index (χ4n) is 1.67. The quantitative estimate of drug-likeness (QED) is 0.665. The maximum absolute atomic E-state index is 12.6. The van der Waals surface area contributed by atoms with Gasteiger partial charge in [0.1, 0.15) is 5.82 Å². The van der Waals surface area contributed by atoms with E-state index in [1.54, 1.807) is 12.1 Å². The minimum absolute atomic E-state index is 0.169. The van der Waals surface area contributed by atoms with Crippen molar-refractivity contribution in [2.45, 2.75) is 19.3 Å². The van der Waals surface area contributed by atoms with E-state index in [9.17, 15) is 9.18 Å². The number of benzene rings is 1. The minimum atomic E-state index is -0.266. The molecule has 0 aliphatic heterocycles. The van der Waals surface area contributed by atoms with Crippen LogP contribution in [0.2, 0.25) is 0 Å². The molecule has 0 radical (unpaired) electrons. The van der Waals surface area contributed by atoms with Gasteiger partial charge in [0.2, 0.25) is 0 Å². The molecule has 1 aliphatic carbocycles. The highest BCUT2D eigenvalue weighted by atomic mass is 19.1. The zero-order valence-corrected chi connectivity index (χ0v) is 7.79. The van der Waals surface area contributed by atoms with Crippen LogP contribution in [0.15, 0.2) is 30.3 Å². The van der Waals surface area contributed by atoms with Gasteiger partial charge in [-0.1, -0.05) is 18.2 Å². The Hall–Kier alpha value is -1.44. The van der Waals surface area contributed by atoms with Gasteiger partial charge in [-0.05, 0) is 30.5 Å². The summed E-state index contributed by atoms with van der Waals surface area (Å²) in [6.07, 6.45) is 4.43. The van der Waals surface area contributed by atoms with Crippen LogP contribution in [-0.2, 0) is 4.79 Å². The number of halogens is 1. The zero-order chi connectivity index (χ0) is 9.97. The Morgan fingerprint density at radius 2 is 1.86 bits per heavy atom. The second kappa shape index (κ2) is 3.74. The summed E-state index contributed by atoms with van der Waals surface area (Å²) >= 11 is 0. The molecule has 0 spiro atoms. The third-order valence-electron chi connectivity index (χ3n) is 2.41. The number of hydrogen-bond acceptors (Lipinski definition) is 1. The molecule has 72 valence electrons. The molecule has 0 aromatic heterocycles. The van der Waals surface area contributed by atoms with E-state index >= 15 is 0 Å². The van der Waals surface area contributed by atoms with Crippen molar-refractivity contribution >= 4 is 11.4 Å². The fourth-order valence-corrected chi connectivity index (χ4v) is 1.67. The first-order chi connectivity index (χ1) is 6.77. The zero-order valence-electron chi connectivity index (χ0n) is 7.79. The molecule has 2 rings (SSSR count). The summed E-state index contributed by atoms with van der Waals surface area (Å²) in [5, 5.41) is 0. The van der Waals surface area contributed by atoms with Gasteiger partial charge in [-0.25, -0.2) is 4.39 Å². The SMILES string of the molecule is O=C1CCCC=C1c1ccc(F)cc1. The van der Waals surface area contributed by atoms with Crippen LogP contribution >= 0.6 is 0 Å². The number of hydrogen-bond donors (Lipinski definition) is 0. The largest absolute Gasteiger partial charge is 0.294 e. The molecule has 1 aromatic rings. The number of ketones is 1. The van der Waals surface area contributed by atoms with Crippen LogP contribution in [0.25, 0.3) is 5.57 Å². The average molecular weight is 190 g/mol. The van der Waals surface area contributed by atoms with Gasteiger partial charge < -0.3 is 0 Å². The number of allylic oxidation sites excluding steroid dienone is 2. The highest BCUT2D eigenvalue weighted by molar-refractivity contribution is 6.21. The van der Waals surface area contributed by atoms with Gasteiger partial charge in [0.25, 0.3) is 0 Å². The topological polar surface area (TPSA) is 17.1 Å². The Kier molecular flexibility index (Phi) is 2.44. The van der Waals surface area contributed by atoms with E-state index in [4.69, 9.17) is 0 Å². The molecule has 1 nitrogen and oxygen atoms in total. The van der Waals surface area contributed by atoms with Crippen molar-refractivity contribution < 1.29 is 9.18 Å². The lowest BCUT2D eigenvalue weighted by molar-refractivity contribution is -0.114. The number of carbonyl (C=O) groups excluding carboxylic acids is 1. The summed E-state index contributed by atoms with van der Waals surface area (Å²) in [6.45, 7) is 0. The number of Topliss-reactive ketones (excluding diaryl/α,β-unsaturated/α-hetero) is 1. The average Bonchev–Trinajstić information content (AvgIpc) is 2.20. The van der Waals surface area contributed by atoms with Crippen molar-refractivity contribution in [3.05, 3.63) is 41.7 Å². The van der Waals surface area contributed by atoms with Crippen LogP contribution < -0.4 is 0 Å². The van der Waals surface area contributed by atoms with Gasteiger partial charge in [0.15, 0.2) is 5.78 Å². The second-order valence-corrected chi connectivity index (χ2v) is 3.44. The Morgan fingerprint density at radius 1 is 1.14 bits per heavy atom. The van der Waals surface area contributed by atoms with E-state index in [2.05, 4.69) is 0 Å². The monoisotopic (exact) mass is 190 g/mol. The molecular formula is C12H11FO. The molecular weight excluding hydrogens is 179 g/mol. The van der Waals surface area contributed by atoms with Crippen LogP contribution in [0.4, 0.5) is 4.39 Å². The van der Waals surface area contributed by atoms with E-state index in [-0.39, 0.29) is 11.6 Å². The van der Waals surface area contributed by atoms with Crippen molar-refractivity contribution in [3.8, 4) is 0 Å². The van der Waals surface area contributed by atoms with E-state index < -0.39 is 0 Å². The number of rotatable bonds is 1.